The average molecular weight is 235 g/mol. The number of hydrogen-bond donors (Lipinski definition) is 1. The quantitative estimate of drug-likeness (QED) is 0.816. The van der Waals surface area contributed by atoms with Crippen molar-refractivity contribution in [2.75, 3.05) is 0 Å². The van der Waals surface area contributed by atoms with E-state index >= 15 is 0 Å². The van der Waals surface area contributed by atoms with Gasteiger partial charge in [-0.05, 0) is 31.9 Å². The minimum Gasteiger partial charge on any atom is -0.311 e. The van der Waals surface area contributed by atoms with E-state index in [-0.39, 0.29) is 17.6 Å². The average Bonchev–Trinajstić information content (AvgIpc) is 2.29. The summed E-state index contributed by atoms with van der Waals surface area (Å²) in [6.45, 7) is 2.14. The number of rotatable bonds is 3. The highest BCUT2D eigenvalue weighted by atomic mass is 19.1. The van der Waals surface area contributed by atoms with Crippen LogP contribution in [-0.4, -0.2) is 17.9 Å². The Balaban J connectivity index is 1.97. The van der Waals surface area contributed by atoms with Gasteiger partial charge in [-0.15, -0.1) is 0 Å². The zero-order chi connectivity index (χ0) is 12.3. The number of hydrogen-bond acceptors (Lipinski definition) is 2. The van der Waals surface area contributed by atoms with Gasteiger partial charge in [0, 0.05) is 24.1 Å². The largest absolute Gasteiger partial charge is 0.311 e. The molecule has 1 aromatic carbocycles. The molecule has 0 radical (unpaired) electrons. The Morgan fingerprint density at radius 3 is 3.00 bits per heavy atom. The van der Waals surface area contributed by atoms with Crippen molar-refractivity contribution in [2.24, 2.45) is 0 Å². The maximum absolute atomic E-state index is 13.0. The molecule has 1 N–H and O–H groups in total. The third kappa shape index (κ3) is 3.37. The first kappa shape index (κ1) is 12.2. The highest BCUT2D eigenvalue weighted by molar-refractivity contribution is 5.96. The van der Waals surface area contributed by atoms with Gasteiger partial charge in [-0.2, -0.15) is 0 Å². The molecule has 1 aromatic rings. The van der Waals surface area contributed by atoms with Crippen LogP contribution in [0.3, 0.4) is 0 Å². The molecule has 1 saturated heterocycles. The van der Waals surface area contributed by atoms with E-state index in [1.54, 1.807) is 12.1 Å². The van der Waals surface area contributed by atoms with Gasteiger partial charge in [0.15, 0.2) is 5.78 Å². The number of piperidine rings is 1. The van der Waals surface area contributed by atoms with Gasteiger partial charge in [-0.1, -0.05) is 18.6 Å². The molecule has 0 aliphatic carbocycles. The van der Waals surface area contributed by atoms with Crippen molar-refractivity contribution in [1.82, 2.24) is 5.32 Å². The van der Waals surface area contributed by atoms with Crippen molar-refractivity contribution in [3.8, 4) is 0 Å². The van der Waals surface area contributed by atoms with E-state index in [2.05, 4.69) is 12.2 Å². The molecule has 2 nitrogen and oxygen atoms in total. The molecule has 0 spiro atoms. The van der Waals surface area contributed by atoms with Gasteiger partial charge < -0.3 is 5.32 Å². The summed E-state index contributed by atoms with van der Waals surface area (Å²) in [5.41, 5.74) is 0.477. The molecule has 3 heteroatoms. The molecule has 0 aromatic heterocycles. The summed E-state index contributed by atoms with van der Waals surface area (Å²) in [4.78, 5) is 12.0. The van der Waals surface area contributed by atoms with Gasteiger partial charge in [0.1, 0.15) is 5.82 Å². The van der Waals surface area contributed by atoms with Gasteiger partial charge in [-0.3, -0.25) is 4.79 Å². The maximum atomic E-state index is 13.0. The SMILES string of the molecule is CC1CCCC(CC(=O)c2cccc(F)c2)N1. The molecule has 1 fully saturated rings. The lowest BCUT2D eigenvalue weighted by Crippen LogP contribution is -2.41. The van der Waals surface area contributed by atoms with Crippen molar-refractivity contribution < 1.29 is 9.18 Å². The van der Waals surface area contributed by atoms with Crippen LogP contribution in [0.15, 0.2) is 24.3 Å². The van der Waals surface area contributed by atoms with E-state index in [0.29, 0.717) is 18.0 Å². The number of Topliss-reactive ketones (excluding diaryl/α,β-unsaturated/α-hetero) is 1. The van der Waals surface area contributed by atoms with E-state index < -0.39 is 0 Å². The Bertz CT molecular complexity index is 405. The van der Waals surface area contributed by atoms with E-state index in [1.807, 2.05) is 0 Å². The van der Waals surface area contributed by atoms with E-state index in [9.17, 15) is 9.18 Å². The summed E-state index contributed by atoms with van der Waals surface area (Å²) in [7, 11) is 0. The van der Waals surface area contributed by atoms with Crippen LogP contribution in [0.25, 0.3) is 0 Å². The van der Waals surface area contributed by atoms with Gasteiger partial charge in [0.2, 0.25) is 0 Å². The Hall–Kier alpha value is -1.22. The summed E-state index contributed by atoms with van der Waals surface area (Å²) >= 11 is 0. The Morgan fingerprint density at radius 2 is 2.29 bits per heavy atom. The molecule has 2 rings (SSSR count). The number of carbonyl (C=O) groups is 1. The fourth-order valence-electron chi connectivity index (χ4n) is 2.40. The highest BCUT2D eigenvalue weighted by Crippen LogP contribution is 2.17. The topological polar surface area (TPSA) is 29.1 Å². The molecular formula is C14H18FNO. The number of nitrogens with one attached hydrogen (secondary N) is 1. The fraction of sp³-hybridized carbons (Fsp3) is 0.500. The Labute approximate surface area is 101 Å². The van der Waals surface area contributed by atoms with Crippen LogP contribution < -0.4 is 5.32 Å². The molecule has 2 atom stereocenters. The van der Waals surface area contributed by atoms with Crippen LogP contribution in [0.1, 0.15) is 43.0 Å². The number of carbonyl (C=O) groups excluding carboxylic acids is 1. The predicted molar refractivity (Wildman–Crippen MR) is 65.6 cm³/mol. The van der Waals surface area contributed by atoms with Gasteiger partial charge in [-0.25, -0.2) is 4.39 Å². The first-order valence-electron chi connectivity index (χ1n) is 6.20. The van der Waals surface area contributed by atoms with Crippen molar-refractivity contribution in [1.29, 1.82) is 0 Å². The lowest BCUT2D eigenvalue weighted by Gasteiger charge is -2.28. The minimum atomic E-state index is -0.346. The monoisotopic (exact) mass is 235 g/mol. The molecule has 1 aliphatic rings. The van der Waals surface area contributed by atoms with Crippen LogP contribution in [-0.2, 0) is 0 Å². The van der Waals surface area contributed by atoms with Crippen LogP contribution in [0, 0.1) is 5.82 Å². The standard InChI is InChI=1S/C14H18FNO/c1-10-4-2-7-13(16-10)9-14(17)11-5-3-6-12(15)8-11/h3,5-6,8,10,13,16H,2,4,7,9H2,1H3. The molecule has 2 unspecified atom stereocenters. The van der Waals surface area contributed by atoms with Crippen LogP contribution in [0.4, 0.5) is 4.39 Å². The third-order valence-corrected chi connectivity index (χ3v) is 3.29. The van der Waals surface area contributed by atoms with Crippen molar-refractivity contribution in [3.05, 3.63) is 35.6 Å². The summed E-state index contributed by atoms with van der Waals surface area (Å²) in [6, 6.07) is 6.66. The molecule has 1 heterocycles. The number of benzene rings is 1. The van der Waals surface area contributed by atoms with E-state index in [4.69, 9.17) is 0 Å². The Kier molecular flexibility index (Phi) is 3.89. The molecule has 0 amide bonds. The molecule has 0 saturated carbocycles. The van der Waals surface area contributed by atoms with Crippen molar-refractivity contribution in [2.45, 2.75) is 44.7 Å². The summed E-state index contributed by atoms with van der Waals surface area (Å²) < 4.78 is 13.0. The molecule has 0 bridgehead atoms. The fourth-order valence-corrected chi connectivity index (χ4v) is 2.40. The van der Waals surface area contributed by atoms with Crippen LogP contribution in [0.5, 0.6) is 0 Å². The zero-order valence-electron chi connectivity index (χ0n) is 10.1. The second-order valence-electron chi connectivity index (χ2n) is 4.83. The van der Waals surface area contributed by atoms with Crippen LogP contribution >= 0.6 is 0 Å². The summed E-state index contributed by atoms with van der Waals surface area (Å²) in [5.74, 6) is -0.322. The molecular weight excluding hydrogens is 217 g/mol. The molecule has 92 valence electrons. The van der Waals surface area contributed by atoms with E-state index in [1.165, 1.54) is 18.6 Å². The normalized spacial score (nSPS) is 24.6. The van der Waals surface area contributed by atoms with E-state index in [0.717, 1.165) is 12.8 Å². The first-order valence-corrected chi connectivity index (χ1v) is 6.20. The smallest absolute Gasteiger partial charge is 0.164 e. The van der Waals surface area contributed by atoms with Crippen molar-refractivity contribution in [3.63, 3.8) is 0 Å². The van der Waals surface area contributed by atoms with Gasteiger partial charge in [0.25, 0.3) is 0 Å². The number of halogens is 1. The maximum Gasteiger partial charge on any atom is 0.164 e. The van der Waals surface area contributed by atoms with Crippen LogP contribution in [0.2, 0.25) is 0 Å². The van der Waals surface area contributed by atoms with Gasteiger partial charge in [0.05, 0.1) is 0 Å². The third-order valence-electron chi connectivity index (χ3n) is 3.29. The second kappa shape index (κ2) is 5.41. The lowest BCUT2D eigenvalue weighted by atomic mass is 9.94. The van der Waals surface area contributed by atoms with Crippen molar-refractivity contribution >= 4 is 5.78 Å². The zero-order valence-corrected chi connectivity index (χ0v) is 10.1. The highest BCUT2D eigenvalue weighted by Gasteiger charge is 2.20. The van der Waals surface area contributed by atoms with Gasteiger partial charge >= 0.3 is 0 Å². The molecule has 1 aliphatic heterocycles. The number of ketones is 1. The Morgan fingerprint density at radius 1 is 1.47 bits per heavy atom. The molecule has 17 heavy (non-hydrogen) atoms. The predicted octanol–water partition coefficient (Wildman–Crippen LogP) is 2.93. The lowest BCUT2D eigenvalue weighted by molar-refractivity contribution is 0.0959. The summed E-state index contributed by atoms with van der Waals surface area (Å²) in [6.07, 6.45) is 3.83. The first-order chi connectivity index (χ1) is 8.15. The minimum absolute atomic E-state index is 0.0242. The second-order valence-corrected chi connectivity index (χ2v) is 4.83. The summed E-state index contributed by atoms with van der Waals surface area (Å²) in [5, 5.41) is 3.42.